The highest BCUT2D eigenvalue weighted by atomic mass is 16.7. The summed E-state index contributed by atoms with van der Waals surface area (Å²) in [7, 11) is 0. The number of carbonyl (C=O) groups excluding carboxylic acids is 1. The molecule has 0 radical (unpaired) electrons. The Labute approximate surface area is 271 Å². The van der Waals surface area contributed by atoms with Crippen molar-refractivity contribution in [3.8, 4) is 0 Å². The van der Waals surface area contributed by atoms with Crippen molar-refractivity contribution in [1.29, 1.82) is 0 Å². The Morgan fingerprint density at radius 2 is 0.911 bits per heavy atom. The molecule has 1 rings (SSSR count). The van der Waals surface area contributed by atoms with E-state index in [1.54, 1.807) is 0 Å². The first-order valence-electron chi connectivity index (χ1n) is 16.9. The molecule has 1 aliphatic heterocycles. The lowest BCUT2D eigenvalue weighted by molar-refractivity contribution is -0.169. The molecule has 1 aliphatic rings. The zero-order valence-electron chi connectivity index (χ0n) is 27.9. The molecule has 1 unspecified atom stereocenters. The molecule has 0 N–H and O–H groups in total. The van der Waals surface area contributed by atoms with Gasteiger partial charge in [0.25, 0.3) is 0 Å². The fourth-order valence-corrected chi connectivity index (χ4v) is 3.93. The molecule has 13 heteroatoms. The minimum absolute atomic E-state index is 0.0671. The summed E-state index contributed by atoms with van der Waals surface area (Å²) in [6, 6.07) is 0. The minimum atomic E-state index is -0.151. The smallest absolute Gasteiger partial charge is 0.305 e. The fraction of sp³-hybridized carbons (Fsp3) is 0.969. The highest BCUT2D eigenvalue weighted by Gasteiger charge is 2.13. The van der Waals surface area contributed by atoms with Crippen LogP contribution in [0.4, 0.5) is 0 Å². The van der Waals surface area contributed by atoms with E-state index in [1.165, 1.54) is 0 Å². The molecule has 13 nitrogen and oxygen atoms in total. The summed E-state index contributed by atoms with van der Waals surface area (Å²) in [6.07, 6.45) is 7.95. The lowest BCUT2D eigenvalue weighted by Crippen LogP contribution is -2.24. The average molecular weight is 655 g/mol. The predicted molar refractivity (Wildman–Crippen MR) is 167 cm³/mol. The van der Waals surface area contributed by atoms with Gasteiger partial charge < -0.3 is 56.8 Å². The van der Waals surface area contributed by atoms with Crippen LogP contribution in [0.1, 0.15) is 58.3 Å². The first-order chi connectivity index (χ1) is 22.3. The van der Waals surface area contributed by atoms with E-state index in [0.29, 0.717) is 132 Å². The molecule has 0 aliphatic carbocycles. The molecular formula is C32H62O13. The van der Waals surface area contributed by atoms with Gasteiger partial charge in [-0.25, -0.2) is 0 Å². The van der Waals surface area contributed by atoms with Gasteiger partial charge in [0.15, 0.2) is 6.29 Å². The van der Waals surface area contributed by atoms with Crippen molar-refractivity contribution in [1.82, 2.24) is 0 Å². The van der Waals surface area contributed by atoms with Gasteiger partial charge in [0.1, 0.15) is 6.61 Å². The van der Waals surface area contributed by atoms with E-state index < -0.39 is 0 Å². The van der Waals surface area contributed by atoms with E-state index >= 15 is 0 Å². The molecule has 1 saturated heterocycles. The lowest BCUT2D eigenvalue weighted by Gasteiger charge is -2.22. The molecule has 1 atom stereocenters. The van der Waals surface area contributed by atoms with Crippen molar-refractivity contribution in [3.63, 3.8) is 0 Å². The third-order valence-electron chi connectivity index (χ3n) is 6.37. The van der Waals surface area contributed by atoms with Crippen LogP contribution in [0.2, 0.25) is 0 Å². The van der Waals surface area contributed by atoms with Crippen LogP contribution in [0.25, 0.3) is 0 Å². The summed E-state index contributed by atoms with van der Waals surface area (Å²) >= 11 is 0. The van der Waals surface area contributed by atoms with Crippen molar-refractivity contribution in [2.45, 2.75) is 64.6 Å². The summed E-state index contributed by atoms with van der Waals surface area (Å²) < 4.78 is 65.4. The maximum Gasteiger partial charge on any atom is 0.305 e. The third kappa shape index (κ3) is 32.8. The Bertz CT molecular complexity index is 593. The van der Waals surface area contributed by atoms with E-state index in [4.69, 9.17) is 56.8 Å². The van der Waals surface area contributed by atoms with Crippen molar-refractivity contribution >= 4 is 5.97 Å². The molecule has 0 bridgehead atoms. The first kappa shape index (κ1) is 42.1. The first-order valence-corrected chi connectivity index (χ1v) is 16.9. The van der Waals surface area contributed by atoms with Gasteiger partial charge in [-0.05, 0) is 25.7 Å². The lowest BCUT2D eigenvalue weighted by atomic mass is 10.2. The molecule has 0 aromatic heterocycles. The second-order valence-electron chi connectivity index (χ2n) is 10.2. The third-order valence-corrected chi connectivity index (χ3v) is 6.37. The minimum Gasteiger partial charge on any atom is -0.463 e. The van der Waals surface area contributed by atoms with Crippen molar-refractivity contribution < 1.29 is 61.6 Å². The van der Waals surface area contributed by atoms with Crippen molar-refractivity contribution in [2.75, 3.05) is 139 Å². The SMILES string of the molecule is CCCCCCC(=O)OCCOCCOCCOCCOCCOCCOCCOCCOCCOCCOC1CCCCO1. The predicted octanol–water partition coefficient (Wildman–Crippen LogP) is 3.19. The van der Waals surface area contributed by atoms with Crippen LogP contribution in [-0.2, 0) is 61.6 Å². The Morgan fingerprint density at radius 3 is 1.29 bits per heavy atom. The Balaban J connectivity index is 1.62. The molecule has 0 spiro atoms. The molecule has 0 saturated carbocycles. The topological polar surface area (TPSA) is 128 Å². The van der Waals surface area contributed by atoms with Gasteiger partial charge in [-0.1, -0.05) is 26.2 Å². The van der Waals surface area contributed by atoms with Crippen LogP contribution < -0.4 is 0 Å². The van der Waals surface area contributed by atoms with Crippen molar-refractivity contribution in [3.05, 3.63) is 0 Å². The number of ether oxygens (including phenoxy) is 12. The van der Waals surface area contributed by atoms with E-state index in [9.17, 15) is 4.79 Å². The quantitative estimate of drug-likeness (QED) is 0.0726. The van der Waals surface area contributed by atoms with Crippen LogP contribution in [0.3, 0.4) is 0 Å². The largest absolute Gasteiger partial charge is 0.463 e. The highest BCUT2D eigenvalue weighted by Crippen LogP contribution is 2.13. The maximum absolute atomic E-state index is 11.5. The average Bonchev–Trinajstić information content (AvgIpc) is 3.06. The fourth-order valence-electron chi connectivity index (χ4n) is 3.93. The standard InChI is InChI=1S/C32H62O13/c1-2-3-4-5-8-31(33)43-29-27-41-25-23-39-21-19-37-17-15-35-13-11-34-12-14-36-16-18-38-20-22-40-24-26-42-28-30-45-32-9-6-7-10-44-32/h32H,2-30H2,1H3. The van der Waals surface area contributed by atoms with E-state index in [2.05, 4.69) is 6.92 Å². The number of hydrogen-bond donors (Lipinski definition) is 0. The number of carbonyl (C=O) groups is 1. The molecule has 45 heavy (non-hydrogen) atoms. The van der Waals surface area contributed by atoms with Gasteiger partial charge in [-0.3, -0.25) is 4.79 Å². The molecule has 0 aromatic carbocycles. The number of hydrogen-bond acceptors (Lipinski definition) is 13. The van der Waals surface area contributed by atoms with Gasteiger partial charge in [-0.15, -0.1) is 0 Å². The summed E-state index contributed by atoms with van der Waals surface area (Å²) in [5.41, 5.74) is 0. The number of esters is 1. The van der Waals surface area contributed by atoms with Crippen LogP contribution in [0.15, 0.2) is 0 Å². The van der Waals surface area contributed by atoms with Crippen LogP contribution in [-0.4, -0.2) is 151 Å². The van der Waals surface area contributed by atoms with Gasteiger partial charge >= 0.3 is 5.97 Å². The van der Waals surface area contributed by atoms with Crippen LogP contribution >= 0.6 is 0 Å². The van der Waals surface area contributed by atoms with Gasteiger partial charge in [0.2, 0.25) is 0 Å². The molecule has 0 aromatic rings. The van der Waals surface area contributed by atoms with E-state index in [0.717, 1.165) is 51.6 Å². The normalized spacial score (nSPS) is 15.1. The summed E-state index contributed by atoms with van der Waals surface area (Å²) in [4.78, 5) is 11.5. The zero-order chi connectivity index (χ0) is 32.1. The molecule has 268 valence electrons. The van der Waals surface area contributed by atoms with Crippen LogP contribution in [0.5, 0.6) is 0 Å². The highest BCUT2D eigenvalue weighted by molar-refractivity contribution is 5.69. The molecule has 1 heterocycles. The summed E-state index contributed by atoms with van der Waals surface area (Å²) in [5, 5.41) is 0. The Morgan fingerprint density at radius 1 is 0.511 bits per heavy atom. The second kappa shape index (κ2) is 35.9. The Hall–Kier alpha value is -0.970. The molecule has 1 fully saturated rings. The number of rotatable bonds is 36. The van der Waals surface area contributed by atoms with Gasteiger partial charge in [-0.2, -0.15) is 0 Å². The molecule has 0 amide bonds. The Kier molecular flexibility index (Phi) is 33.5. The van der Waals surface area contributed by atoms with Crippen LogP contribution in [0, 0.1) is 0 Å². The van der Waals surface area contributed by atoms with E-state index in [-0.39, 0.29) is 18.9 Å². The summed E-state index contributed by atoms with van der Waals surface area (Å²) in [5.74, 6) is -0.151. The van der Waals surface area contributed by atoms with Gasteiger partial charge in [0, 0.05) is 13.0 Å². The molecular weight excluding hydrogens is 592 g/mol. The van der Waals surface area contributed by atoms with E-state index in [1.807, 2.05) is 0 Å². The number of unbranched alkanes of at least 4 members (excludes halogenated alkanes) is 3. The monoisotopic (exact) mass is 654 g/mol. The maximum atomic E-state index is 11.5. The second-order valence-corrected chi connectivity index (χ2v) is 10.2. The van der Waals surface area contributed by atoms with Gasteiger partial charge in [0.05, 0.1) is 126 Å². The zero-order valence-corrected chi connectivity index (χ0v) is 27.9. The summed E-state index contributed by atoms with van der Waals surface area (Å²) in [6.45, 7) is 12.7. The van der Waals surface area contributed by atoms with Crippen molar-refractivity contribution in [2.24, 2.45) is 0 Å².